The predicted octanol–water partition coefficient (Wildman–Crippen LogP) is 3.76. The number of hydrogen-bond acceptors (Lipinski definition) is 3. The van der Waals surface area contributed by atoms with Gasteiger partial charge in [-0.25, -0.2) is 18.0 Å². The van der Waals surface area contributed by atoms with Crippen molar-refractivity contribution >= 4 is 17.7 Å². The van der Waals surface area contributed by atoms with Gasteiger partial charge in [-0.05, 0) is 5.56 Å². The first kappa shape index (κ1) is 21.8. The fourth-order valence-corrected chi connectivity index (χ4v) is 2.97. The van der Waals surface area contributed by atoms with Crippen LogP contribution in [-0.2, 0) is 11.2 Å². The van der Waals surface area contributed by atoms with Crippen LogP contribution in [-0.4, -0.2) is 28.8 Å². The quantitative estimate of drug-likeness (QED) is 0.563. The van der Waals surface area contributed by atoms with Crippen molar-refractivity contribution in [3.8, 4) is 0 Å². The van der Waals surface area contributed by atoms with E-state index in [2.05, 4.69) is 0 Å². The van der Waals surface area contributed by atoms with E-state index in [1.807, 2.05) is 5.32 Å². The Morgan fingerprint density at radius 3 is 1.94 bits per heavy atom. The minimum Gasteiger partial charge on any atom is -0.480 e. The average molecular weight is 427 g/mol. The highest BCUT2D eigenvalue weighted by atomic mass is 19.1. The smallest absolute Gasteiger partial charge is 0.326 e. The summed E-state index contributed by atoms with van der Waals surface area (Å²) in [7, 11) is 0. The van der Waals surface area contributed by atoms with Crippen LogP contribution in [0.15, 0.2) is 66.7 Å². The standard InChI is InChI=1S/C23H16F3NO4/c24-16-11-17(25)20(18(26)12-16)22(29)27-19(23(30)31)10-13-6-8-15(9-7-13)21(28)14-4-2-1-3-5-14/h1-9,11-12,19H,10H2,(H,27,29)(H,30,31)/t19-/m0/s1. The fourth-order valence-electron chi connectivity index (χ4n) is 2.97. The lowest BCUT2D eigenvalue weighted by molar-refractivity contribution is -0.139. The molecule has 158 valence electrons. The predicted molar refractivity (Wildman–Crippen MR) is 105 cm³/mol. The molecule has 31 heavy (non-hydrogen) atoms. The number of amides is 1. The van der Waals surface area contributed by atoms with Crippen molar-refractivity contribution < 1.29 is 32.7 Å². The van der Waals surface area contributed by atoms with E-state index in [0.29, 0.717) is 28.8 Å². The average Bonchev–Trinajstić information content (AvgIpc) is 2.73. The molecule has 0 saturated carbocycles. The van der Waals surface area contributed by atoms with E-state index in [-0.39, 0.29) is 12.2 Å². The zero-order chi connectivity index (χ0) is 22.5. The summed E-state index contributed by atoms with van der Waals surface area (Å²) in [6, 6.07) is 13.8. The van der Waals surface area contributed by atoms with E-state index in [1.165, 1.54) is 24.3 Å². The van der Waals surface area contributed by atoms with Crippen LogP contribution in [0.25, 0.3) is 0 Å². The summed E-state index contributed by atoms with van der Waals surface area (Å²) in [4.78, 5) is 36.1. The number of hydrogen-bond donors (Lipinski definition) is 2. The van der Waals surface area contributed by atoms with Crippen LogP contribution in [0.2, 0.25) is 0 Å². The van der Waals surface area contributed by atoms with Crippen molar-refractivity contribution in [2.45, 2.75) is 12.5 Å². The van der Waals surface area contributed by atoms with Gasteiger partial charge in [0.05, 0.1) is 0 Å². The Kier molecular flexibility index (Phi) is 6.49. The first-order valence-corrected chi connectivity index (χ1v) is 9.13. The minimum absolute atomic E-state index is 0.203. The lowest BCUT2D eigenvalue weighted by atomic mass is 9.99. The van der Waals surface area contributed by atoms with E-state index in [0.717, 1.165) is 0 Å². The van der Waals surface area contributed by atoms with Crippen LogP contribution in [0, 0.1) is 17.5 Å². The largest absolute Gasteiger partial charge is 0.480 e. The molecule has 0 aliphatic rings. The monoisotopic (exact) mass is 427 g/mol. The number of aliphatic carboxylic acids is 1. The second-order valence-electron chi connectivity index (χ2n) is 6.70. The van der Waals surface area contributed by atoms with Crippen molar-refractivity contribution in [2.24, 2.45) is 0 Å². The molecule has 0 saturated heterocycles. The fraction of sp³-hybridized carbons (Fsp3) is 0.0870. The summed E-state index contributed by atoms with van der Waals surface area (Å²) >= 11 is 0. The number of carbonyl (C=O) groups excluding carboxylic acids is 2. The van der Waals surface area contributed by atoms with Gasteiger partial charge in [-0.2, -0.15) is 0 Å². The minimum atomic E-state index is -1.51. The van der Waals surface area contributed by atoms with Gasteiger partial charge in [0.2, 0.25) is 0 Å². The van der Waals surface area contributed by atoms with Gasteiger partial charge in [-0.15, -0.1) is 0 Å². The van der Waals surface area contributed by atoms with Crippen LogP contribution in [0.5, 0.6) is 0 Å². The van der Waals surface area contributed by atoms with Gasteiger partial charge in [0.25, 0.3) is 5.91 Å². The molecule has 3 aromatic carbocycles. The lowest BCUT2D eigenvalue weighted by Gasteiger charge is -2.15. The third-order valence-corrected chi connectivity index (χ3v) is 4.53. The van der Waals surface area contributed by atoms with Gasteiger partial charge in [0.15, 0.2) is 5.78 Å². The number of carboxylic acids is 1. The summed E-state index contributed by atoms with van der Waals surface area (Å²) in [5, 5.41) is 11.4. The van der Waals surface area contributed by atoms with Crippen LogP contribution in [0.4, 0.5) is 13.2 Å². The summed E-state index contributed by atoms with van der Waals surface area (Å²) < 4.78 is 40.6. The summed E-state index contributed by atoms with van der Waals surface area (Å²) in [6.45, 7) is 0. The molecule has 1 atom stereocenters. The Morgan fingerprint density at radius 2 is 1.39 bits per heavy atom. The van der Waals surface area contributed by atoms with E-state index in [1.54, 1.807) is 30.3 Å². The number of carboxylic acid groups (broad SMARTS) is 1. The van der Waals surface area contributed by atoms with Crippen molar-refractivity contribution in [3.63, 3.8) is 0 Å². The van der Waals surface area contributed by atoms with Gasteiger partial charge < -0.3 is 10.4 Å². The van der Waals surface area contributed by atoms with Gasteiger partial charge in [0, 0.05) is 29.7 Å². The van der Waals surface area contributed by atoms with Crippen molar-refractivity contribution in [1.29, 1.82) is 0 Å². The molecule has 0 aliphatic heterocycles. The summed E-state index contributed by atoms with van der Waals surface area (Å²) in [5.41, 5.74) is 0.282. The number of ketones is 1. The first-order chi connectivity index (χ1) is 14.8. The Hall–Kier alpha value is -3.94. The van der Waals surface area contributed by atoms with Crippen LogP contribution < -0.4 is 5.32 Å². The zero-order valence-corrected chi connectivity index (χ0v) is 15.9. The third kappa shape index (κ3) is 5.16. The molecule has 0 spiro atoms. The Bertz CT molecular complexity index is 1110. The van der Waals surface area contributed by atoms with Crippen molar-refractivity contribution in [1.82, 2.24) is 5.32 Å². The molecule has 5 nitrogen and oxygen atoms in total. The molecule has 8 heteroatoms. The molecule has 0 aliphatic carbocycles. The van der Waals surface area contributed by atoms with E-state index in [4.69, 9.17) is 0 Å². The molecular formula is C23H16F3NO4. The maximum atomic E-state index is 13.8. The van der Waals surface area contributed by atoms with Gasteiger partial charge in [-0.3, -0.25) is 9.59 Å². The van der Waals surface area contributed by atoms with Gasteiger partial charge in [0.1, 0.15) is 29.1 Å². The highest BCUT2D eigenvalue weighted by Gasteiger charge is 2.25. The molecule has 0 fully saturated rings. The highest BCUT2D eigenvalue weighted by molar-refractivity contribution is 6.08. The van der Waals surface area contributed by atoms with E-state index >= 15 is 0 Å². The number of rotatable bonds is 7. The molecule has 3 aromatic rings. The Balaban J connectivity index is 1.74. The normalized spacial score (nSPS) is 11.6. The molecule has 0 unspecified atom stereocenters. The molecule has 0 heterocycles. The number of carbonyl (C=O) groups is 3. The Labute approximate surface area is 175 Å². The third-order valence-electron chi connectivity index (χ3n) is 4.53. The molecule has 1 amide bonds. The van der Waals surface area contributed by atoms with Gasteiger partial charge in [-0.1, -0.05) is 54.6 Å². The van der Waals surface area contributed by atoms with Crippen LogP contribution in [0.3, 0.4) is 0 Å². The van der Waals surface area contributed by atoms with Crippen LogP contribution >= 0.6 is 0 Å². The van der Waals surface area contributed by atoms with Gasteiger partial charge >= 0.3 is 5.97 Å². The topological polar surface area (TPSA) is 83.5 Å². The van der Waals surface area contributed by atoms with Crippen molar-refractivity contribution in [2.75, 3.05) is 0 Å². The molecular weight excluding hydrogens is 411 g/mol. The number of halogens is 3. The lowest BCUT2D eigenvalue weighted by Crippen LogP contribution is -2.43. The Morgan fingerprint density at radius 1 is 0.839 bits per heavy atom. The molecule has 2 N–H and O–H groups in total. The second-order valence-corrected chi connectivity index (χ2v) is 6.70. The SMILES string of the molecule is O=C(c1ccccc1)c1ccc(C[C@H](NC(=O)c2c(F)cc(F)cc2F)C(=O)O)cc1. The molecule has 0 aromatic heterocycles. The second kappa shape index (κ2) is 9.25. The highest BCUT2D eigenvalue weighted by Crippen LogP contribution is 2.16. The number of nitrogens with one attached hydrogen (secondary N) is 1. The van der Waals surface area contributed by atoms with E-state index < -0.39 is 40.9 Å². The zero-order valence-electron chi connectivity index (χ0n) is 15.9. The molecule has 0 radical (unpaired) electrons. The molecule has 3 rings (SSSR count). The maximum Gasteiger partial charge on any atom is 0.326 e. The van der Waals surface area contributed by atoms with Crippen LogP contribution in [0.1, 0.15) is 31.8 Å². The maximum absolute atomic E-state index is 13.8. The van der Waals surface area contributed by atoms with E-state index in [9.17, 15) is 32.7 Å². The number of benzene rings is 3. The summed E-state index contributed by atoms with van der Waals surface area (Å²) in [6.07, 6.45) is -0.203. The summed E-state index contributed by atoms with van der Waals surface area (Å²) in [5.74, 6) is -7.05. The van der Waals surface area contributed by atoms with Crippen molar-refractivity contribution in [3.05, 3.63) is 106 Å². The first-order valence-electron chi connectivity index (χ1n) is 9.13. The molecule has 0 bridgehead atoms.